The van der Waals surface area contributed by atoms with Crippen molar-refractivity contribution in [3.8, 4) is 5.75 Å². The van der Waals surface area contributed by atoms with E-state index in [9.17, 15) is 15.0 Å². The Hall–Kier alpha value is -1.55. The van der Waals surface area contributed by atoms with Gasteiger partial charge in [-0.05, 0) is 50.3 Å². The highest BCUT2D eigenvalue weighted by atomic mass is 16.5. The van der Waals surface area contributed by atoms with Crippen LogP contribution in [0.2, 0.25) is 0 Å². The molecule has 0 aliphatic heterocycles. The van der Waals surface area contributed by atoms with Crippen LogP contribution in [0.15, 0.2) is 24.3 Å². The first-order chi connectivity index (χ1) is 9.77. The van der Waals surface area contributed by atoms with Gasteiger partial charge in [0.05, 0.1) is 18.1 Å². The number of aromatic hydroxyl groups is 1. The van der Waals surface area contributed by atoms with Gasteiger partial charge in [0.2, 0.25) is 0 Å². The van der Waals surface area contributed by atoms with Crippen molar-refractivity contribution in [3.63, 3.8) is 0 Å². The zero-order valence-corrected chi connectivity index (χ0v) is 13.3. The second kappa shape index (κ2) is 7.46. The van der Waals surface area contributed by atoms with E-state index in [0.29, 0.717) is 19.4 Å². The average Bonchev–Trinajstić information content (AvgIpc) is 2.37. The molecular formula is C17H26O4. The number of aryl methyl sites for hydroxylation is 1. The van der Waals surface area contributed by atoms with Crippen LogP contribution in [0.5, 0.6) is 5.75 Å². The summed E-state index contributed by atoms with van der Waals surface area (Å²) < 4.78 is 5.09. The van der Waals surface area contributed by atoms with Crippen molar-refractivity contribution in [1.82, 2.24) is 0 Å². The quantitative estimate of drug-likeness (QED) is 0.759. The minimum absolute atomic E-state index is 0.00105. The molecule has 0 saturated carbocycles. The smallest absolute Gasteiger partial charge is 0.312 e. The highest BCUT2D eigenvalue weighted by Gasteiger charge is 2.40. The van der Waals surface area contributed by atoms with Crippen LogP contribution >= 0.6 is 0 Å². The molecule has 4 nitrogen and oxygen atoms in total. The van der Waals surface area contributed by atoms with Crippen molar-refractivity contribution in [2.45, 2.75) is 46.1 Å². The Kier molecular flexibility index (Phi) is 6.21. The van der Waals surface area contributed by atoms with E-state index in [4.69, 9.17) is 4.74 Å². The van der Waals surface area contributed by atoms with E-state index < -0.39 is 11.5 Å². The van der Waals surface area contributed by atoms with Crippen molar-refractivity contribution >= 4 is 5.97 Å². The Morgan fingerprint density at radius 3 is 2.33 bits per heavy atom. The normalized spacial score (nSPS) is 15.5. The molecule has 21 heavy (non-hydrogen) atoms. The van der Waals surface area contributed by atoms with E-state index in [1.807, 2.05) is 26.0 Å². The molecule has 1 rings (SSSR count). The highest BCUT2D eigenvalue weighted by Crippen LogP contribution is 2.30. The summed E-state index contributed by atoms with van der Waals surface area (Å²) in [4.78, 5) is 12.1. The lowest BCUT2D eigenvalue weighted by atomic mass is 9.77. The molecule has 0 saturated heterocycles. The van der Waals surface area contributed by atoms with E-state index in [0.717, 1.165) is 5.56 Å². The number of phenolic OH excluding ortho intramolecular Hbond substituents is 1. The van der Waals surface area contributed by atoms with Gasteiger partial charge in [0.1, 0.15) is 5.75 Å². The predicted octanol–water partition coefficient (Wildman–Crippen LogP) is 2.91. The third-order valence-corrected chi connectivity index (χ3v) is 3.73. The molecule has 0 spiro atoms. The molecule has 2 unspecified atom stereocenters. The summed E-state index contributed by atoms with van der Waals surface area (Å²) in [7, 11) is 0. The Bertz CT molecular complexity index is 448. The molecule has 0 bridgehead atoms. The molecule has 118 valence electrons. The summed E-state index contributed by atoms with van der Waals surface area (Å²) in [6.45, 7) is 7.60. The first kappa shape index (κ1) is 17.5. The van der Waals surface area contributed by atoms with Gasteiger partial charge in [-0.2, -0.15) is 0 Å². The number of aliphatic hydroxyl groups is 1. The number of carbonyl (C=O) groups is 1. The molecule has 0 aromatic heterocycles. The monoisotopic (exact) mass is 294 g/mol. The molecule has 0 aliphatic rings. The SMILES string of the molecule is CCOC(=O)C(C(C)C)C(C)(O)CCc1ccc(O)cc1. The van der Waals surface area contributed by atoms with Crippen molar-refractivity contribution in [1.29, 1.82) is 0 Å². The number of hydrogen-bond acceptors (Lipinski definition) is 4. The van der Waals surface area contributed by atoms with Gasteiger partial charge in [-0.1, -0.05) is 26.0 Å². The third-order valence-electron chi connectivity index (χ3n) is 3.73. The highest BCUT2D eigenvalue weighted by molar-refractivity contribution is 5.74. The number of hydrogen-bond donors (Lipinski definition) is 2. The largest absolute Gasteiger partial charge is 0.508 e. The van der Waals surface area contributed by atoms with Gasteiger partial charge in [0, 0.05) is 0 Å². The van der Waals surface area contributed by atoms with Crippen LogP contribution in [0.4, 0.5) is 0 Å². The lowest BCUT2D eigenvalue weighted by molar-refractivity contribution is -0.161. The summed E-state index contributed by atoms with van der Waals surface area (Å²) in [5.41, 5.74) is -0.113. The number of ether oxygens (including phenoxy) is 1. The van der Waals surface area contributed by atoms with Crippen molar-refractivity contribution in [2.75, 3.05) is 6.61 Å². The average molecular weight is 294 g/mol. The second-order valence-corrected chi connectivity index (χ2v) is 6.00. The molecule has 4 heteroatoms. The van der Waals surface area contributed by atoms with E-state index >= 15 is 0 Å². The Morgan fingerprint density at radius 2 is 1.86 bits per heavy atom. The van der Waals surface area contributed by atoms with Gasteiger partial charge in [0.15, 0.2) is 0 Å². The van der Waals surface area contributed by atoms with E-state index in [-0.39, 0.29) is 17.6 Å². The maximum atomic E-state index is 12.1. The fourth-order valence-electron chi connectivity index (χ4n) is 2.69. The number of benzene rings is 1. The fraction of sp³-hybridized carbons (Fsp3) is 0.588. The molecule has 0 radical (unpaired) electrons. The molecule has 0 aliphatic carbocycles. The molecule has 2 N–H and O–H groups in total. The van der Waals surface area contributed by atoms with Crippen LogP contribution < -0.4 is 0 Å². The number of rotatable bonds is 7. The Labute approximate surface area is 126 Å². The van der Waals surface area contributed by atoms with E-state index in [2.05, 4.69) is 0 Å². The summed E-state index contributed by atoms with van der Waals surface area (Å²) in [5, 5.41) is 20.0. The third kappa shape index (κ3) is 5.05. The molecule has 0 heterocycles. The Morgan fingerprint density at radius 1 is 1.29 bits per heavy atom. The van der Waals surface area contributed by atoms with Gasteiger partial charge in [-0.25, -0.2) is 0 Å². The standard InChI is InChI=1S/C17H26O4/c1-5-21-16(19)15(12(2)3)17(4,20)11-10-13-6-8-14(18)9-7-13/h6-9,12,15,18,20H,5,10-11H2,1-4H3. The first-order valence-electron chi connectivity index (χ1n) is 7.45. The summed E-state index contributed by atoms with van der Waals surface area (Å²) in [5.74, 6) is -0.672. The van der Waals surface area contributed by atoms with Crippen LogP contribution in [0.25, 0.3) is 0 Å². The fourth-order valence-corrected chi connectivity index (χ4v) is 2.69. The summed E-state index contributed by atoms with van der Waals surface area (Å²) >= 11 is 0. The van der Waals surface area contributed by atoms with Gasteiger partial charge < -0.3 is 14.9 Å². The maximum Gasteiger partial charge on any atom is 0.312 e. The number of esters is 1. The topological polar surface area (TPSA) is 66.8 Å². The number of carbonyl (C=O) groups excluding carboxylic acids is 1. The molecule has 0 amide bonds. The van der Waals surface area contributed by atoms with Gasteiger partial charge in [-0.3, -0.25) is 4.79 Å². The van der Waals surface area contributed by atoms with Crippen molar-refractivity contribution < 1.29 is 19.7 Å². The molecule has 1 aromatic rings. The van der Waals surface area contributed by atoms with Gasteiger partial charge in [-0.15, -0.1) is 0 Å². The van der Waals surface area contributed by atoms with Crippen LogP contribution in [-0.2, 0) is 16.0 Å². The molecule has 1 aromatic carbocycles. The first-order valence-corrected chi connectivity index (χ1v) is 7.45. The van der Waals surface area contributed by atoms with Gasteiger partial charge in [0.25, 0.3) is 0 Å². The Balaban J connectivity index is 2.76. The maximum absolute atomic E-state index is 12.1. The predicted molar refractivity (Wildman–Crippen MR) is 82.0 cm³/mol. The minimum atomic E-state index is -1.13. The molecular weight excluding hydrogens is 268 g/mol. The number of phenols is 1. The van der Waals surface area contributed by atoms with Crippen molar-refractivity contribution in [2.24, 2.45) is 11.8 Å². The zero-order valence-electron chi connectivity index (χ0n) is 13.3. The lowest BCUT2D eigenvalue weighted by Gasteiger charge is -2.34. The molecule has 2 atom stereocenters. The minimum Gasteiger partial charge on any atom is -0.508 e. The van der Waals surface area contributed by atoms with Crippen LogP contribution in [-0.4, -0.2) is 28.4 Å². The van der Waals surface area contributed by atoms with Crippen LogP contribution in [0.3, 0.4) is 0 Å². The molecule has 0 fully saturated rings. The lowest BCUT2D eigenvalue weighted by Crippen LogP contribution is -2.44. The van der Waals surface area contributed by atoms with Crippen LogP contribution in [0.1, 0.15) is 39.7 Å². The van der Waals surface area contributed by atoms with E-state index in [1.165, 1.54) is 0 Å². The van der Waals surface area contributed by atoms with Gasteiger partial charge >= 0.3 is 5.97 Å². The second-order valence-electron chi connectivity index (χ2n) is 6.00. The van der Waals surface area contributed by atoms with Crippen LogP contribution in [0, 0.1) is 11.8 Å². The zero-order chi connectivity index (χ0) is 16.0. The van der Waals surface area contributed by atoms with Crippen molar-refractivity contribution in [3.05, 3.63) is 29.8 Å². The summed E-state index contributed by atoms with van der Waals surface area (Å²) in [6, 6.07) is 6.88. The van der Waals surface area contributed by atoms with E-state index in [1.54, 1.807) is 26.0 Å². The summed E-state index contributed by atoms with van der Waals surface area (Å²) in [6.07, 6.45) is 1.09.